The second-order valence-electron chi connectivity index (χ2n) is 3.72. The molecule has 1 heterocycles. The molecule has 1 aromatic rings. The molecule has 1 amide bonds. The van der Waals surface area contributed by atoms with Crippen molar-refractivity contribution in [1.82, 2.24) is 9.29 Å². The molecule has 1 rings (SSSR count). The number of carbonyl (C=O) groups excluding carboxylic acids is 1. The van der Waals surface area contributed by atoms with Gasteiger partial charge in [0, 0.05) is 19.8 Å². The zero-order valence-electron chi connectivity index (χ0n) is 9.70. The van der Waals surface area contributed by atoms with Crippen molar-refractivity contribution in [2.75, 3.05) is 13.2 Å². The summed E-state index contributed by atoms with van der Waals surface area (Å²) in [5, 5.41) is 17.6. The monoisotopic (exact) mass is 277 g/mol. The van der Waals surface area contributed by atoms with Gasteiger partial charge in [-0.25, -0.2) is 13.1 Å². The molecule has 0 saturated carbocycles. The van der Waals surface area contributed by atoms with Crippen LogP contribution in [0.2, 0.25) is 0 Å². The highest BCUT2D eigenvalue weighted by atomic mass is 32.2. The lowest BCUT2D eigenvalue weighted by Gasteiger charge is -2.08. The molecule has 0 aromatic carbocycles. The van der Waals surface area contributed by atoms with Gasteiger partial charge in [-0.1, -0.05) is 0 Å². The lowest BCUT2D eigenvalue weighted by molar-refractivity contribution is 0.0988. The second kappa shape index (κ2) is 5.48. The van der Waals surface area contributed by atoms with Gasteiger partial charge < -0.3 is 20.5 Å². The molecule has 9 heteroatoms. The molecule has 0 bridgehead atoms. The number of aryl methyl sites for hydroxylation is 1. The van der Waals surface area contributed by atoms with E-state index in [9.17, 15) is 13.2 Å². The van der Waals surface area contributed by atoms with Crippen molar-refractivity contribution in [1.29, 1.82) is 0 Å². The average Bonchev–Trinajstić information content (AvgIpc) is 2.69. The molecule has 18 heavy (non-hydrogen) atoms. The Bertz CT molecular complexity index is 536. The first-order valence-corrected chi connectivity index (χ1v) is 6.51. The van der Waals surface area contributed by atoms with Gasteiger partial charge in [0.15, 0.2) is 0 Å². The topological polar surface area (TPSA) is 135 Å². The van der Waals surface area contributed by atoms with Crippen LogP contribution in [-0.2, 0) is 17.1 Å². The number of aliphatic hydroxyl groups is 2. The van der Waals surface area contributed by atoms with Crippen LogP contribution in [-0.4, -0.2) is 48.4 Å². The van der Waals surface area contributed by atoms with Gasteiger partial charge in [-0.3, -0.25) is 4.79 Å². The summed E-state index contributed by atoms with van der Waals surface area (Å²) in [4.78, 5) is 10.9. The lowest BCUT2D eigenvalue weighted by Crippen LogP contribution is -2.33. The molecule has 0 radical (unpaired) electrons. The van der Waals surface area contributed by atoms with Crippen molar-refractivity contribution in [2.45, 2.75) is 11.0 Å². The van der Waals surface area contributed by atoms with E-state index in [1.54, 1.807) is 0 Å². The Labute approximate surface area is 104 Å². The molecule has 0 aliphatic rings. The lowest BCUT2D eigenvalue weighted by atomic mass is 10.4. The van der Waals surface area contributed by atoms with E-state index in [0.29, 0.717) is 0 Å². The van der Waals surface area contributed by atoms with Crippen molar-refractivity contribution >= 4 is 15.9 Å². The first-order valence-electron chi connectivity index (χ1n) is 5.02. The van der Waals surface area contributed by atoms with Crippen molar-refractivity contribution in [3.8, 4) is 0 Å². The fourth-order valence-corrected chi connectivity index (χ4v) is 2.42. The number of nitrogens with one attached hydrogen (secondary N) is 1. The van der Waals surface area contributed by atoms with Gasteiger partial charge in [0.05, 0.1) is 12.7 Å². The van der Waals surface area contributed by atoms with Crippen molar-refractivity contribution in [3.05, 3.63) is 18.0 Å². The van der Waals surface area contributed by atoms with Gasteiger partial charge in [0.1, 0.15) is 10.6 Å². The molecule has 0 saturated heterocycles. The van der Waals surface area contributed by atoms with Crippen molar-refractivity contribution in [2.24, 2.45) is 12.8 Å². The van der Waals surface area contributed by atoms with E-state index in [1.807, 2.05) is 0 Å². The van der Waals surface area contributed by atoms with Gasteiger partial charge >= 0.3 is 0 Å². The summed E-state index contributed by atoms with van der Waals surface area (Å²) in [6.07, 6.45) is 0.0485. The SMILES string of the molecule is Cn1cc(S(=O)(=O)NCC(O)CO)cc1C(N)=O. The van der Waals surface area contributed by atoms with Gasteiger partial charge in [0.2, 0.25) is 10.0 Å². The summed E-state index contributed by atoms with van der Waals surface area (Å²) in [7, 11) is -2.36. The number of primary amides is 1. The molecule has 8 nitrogen and oxygen atoms in total. The Balaban J connectivity index is 2.92. The maximum absolute atomic E-state index is 11.8. The van der Waals surface area contributed by atoms with E-state index in [-0.39, 0.29) is 17.1 Å². The Morgan fingerprint density at radius 3 is 2.67 bits per heavy atom. The Morgan fingerprint density at radius 2 is 2.22 bits per heavy atom. The number of aliphatic hydroxyl groups excluding tert-OH is 2. The van der Waals surface area contributed by atoms with Gasteiger partial charge in [0.25, 0.3) is 5.91 Å². The third-order valence-corrected chi connectivity index (χ3v) is 3.65. The van der Waals surface area contributed by atoms with Crippen LogP contribution in [0.15, 0.2) is 17.2 Å². The zero-order valence-corrected chi connectivity index (χ0v) is 10.5. The molecule has 0 aliphatic heterocycles. The number of aromatic nitrogens is 1. The van der Waals surface area contributed by atoms with Gasteiger partial charge in [-0.15, -0.1) is 0 Å². The third-order valence-electron chi connectivity index (χ3n) is 2.26. The van der Waals surface area contributed by atoms with E-state index >= 15 is 0 Å². The van der Waals surface area contributed by atoms with E-state index in [4.69, 9.17) is 15.9 Å². The predicted molar refractivity (Wildman–Crippen MR) is 62.2 cm³/mol. The maximum atomic E-state index is 11.8. The van der Waals surface area contributed by atoms with E-state index < -0.39 is 28.6 Å². The van der Waals surface area contributed by atoms with Crippen LogP contribution in [0.4, 0.5) is 0 Å². The highest BCUT2D eigenvalue weighted by molar-refractivity contribution is 7.89. The summed E-state index contributed by atoms with van der Waals surface area (Å²) < 4.78 is 26.9. The van der Waals surface area contributed by atoms with Crippen LogP contribution in [0.5, 0.6) is 0 Å². The molecular formula is C9H15N3O5S. The first-order chi connectivity index (χ1) is 8.27. The average molecular weight is 277 g/mol. The van der Waals surface area contributed by atoms with Gasteiger partial charge in [-0.2, -0.15) is 0 Å². The minimum atomic E-state index is -3.85. The summed E-state index contributed by atoms with van der Waals surface area (Å²) in [5.74, 6) is -0.741. The molecule has 1 unspecified atom stereocenters. The standard InChI is InChI=1S/C9H15N3O5S/c1-12-4-7(2-8(12)9(10)15)18(16,17)11-3-6(14)5-13/h2,4,6,11,13-14H,3,5H2,1H3,(H2,10,15). The fraction of sp³-hybridized carbons (Fsp3) is 0.444. The normalized spacial score (nSPS) is 13.5. The minimum Gasteiger partial charge on any atom is -0.394 e. The quantitative estimate of drug-likeness (QED) is 0.466. The highest BCUT2D eigenvalue weighted by Gasteiger charge is 2.20. The van der Waals surface area contributed by atoms with E-state index in [2.05, 4.69) is 4.72 Å². The zero-order chi connectivity index (χ0) is 13.9. The summed E-state index contributed by atoms with van der Waals surface area (Å²) in [5.41, 5.74) is 5.12. The molecule has 1 atom stereocenters. The molecule has 1 aromatic heterocycles. The fourth-order valence-electron chi connectivity index (χ4n) is 1.28. The first kappa shape index (κ1) is 14.6. The number of hydrogen-bond donors (Lipinski definition) is 4. The number of sulfonamides is 1. The predicted octanol–water partition coefficient (Wildman–Crippen LogP) is -2.24. The highest BCUT2D eigenvalue weighted by Crippen LogP contribution is 2.12. The Morgan fingerprint density at radius 1 is 1.61 bits per heavy atom. The number of nitrogens with zero attached hydrogens (tertiary/aromatic N) is 1. The second-order valence-corrected chi connectivity index (χ2v) is 5.49. The number of carbonyl (C=O) groups is 1. The number of hydrogen-bond acceptors (Lipinski definition) is 5. The minimum absolute atomic E-state index is 0.0538. The van der Waals surface area contributed by atoms with Crippen LogP contribution in [0, 0.1) is 0 Å². The van der Waals surface area contributed by atoms with Crippen molar-refractivity contribution in [3.63, 3.8) is 0 Å². The number of amides is 1. The number of nitrogens with two attached hydrogens (primary N) is 1. The van der Waals surface area contributed by atoms with Crippen LogP contribution in [0.3, 0.4) is 0 Å². The largest absolute Gasteiger partial charge is 0.394 e. The molecule has 0 aliphatic carbocycles. The summed E-state index contributed by atoms with van der Waals surface area (Å²) >= 11 is 0. The van der Waals surface area contributed by atoms with Gasteiger partial charge in [-0.05, 0) is 6.07 Å². The Kier molecular flexibility index (Phi) is 4.46. The van der Waals surface area contributed by atoms with Crippen LogP contribution < -0.4 is 10.5 Å². The van der Waals surface area contributed by atoms with E-state index in [0.717, 1.165) is 6.07 Å². The van der Waals surface area contributed by atoms with Crippen molar-refractivity contribution < 1.29 is 23.4 Å². The summed E-state index contributed by atoms with van der Waals surface area (Å²) in [6.45, 7) is -0.872. The molecule has 0 fully saturated rings. The number of rotatable bonds is 6. The smallest absolute Gasteiger partial charge is 0.265 e. The van der Waals surface area contributed by atoms with Crippen LogP contribution in [0.1, 0.15) is 10.5 Å². The third kappa shape index (κ3) is 3.29. The van der Waals surface area contributed by atoms with Crippen LogP contribution >= 0.6 is 0 Å². The van der Waals surface area contributed by atoms with E-state index in [1.165, 1.54) is 17.8 Å². The maximum Gasteiger partial charge on any atom is 0.265 e. The molecule has 102 valence electrons. The summed E-state index contributed by atoms with van der Waals surface area (Å²) in [6, 6.07) is 1.13. The Hall–Kier alpha value is -1.42. The molecule has 0 spiro atoms. The molecule has 5 N–H and O–H groups in total. The van der Waals surface area contributed by atoms with Crippen LogP contribution in [0.25, 0.3) is 0 Å². The molecular weight excluding hydrogens is 262 g/mol.